The van der Waals surface area contributed by atoms with E-state index in [1.165, 1.54) is 16.4 Å². The smallest absolute Gasteiger partial charge is 0.252 e. The van der Waals surface area contributed by atoms with E-state index in [-0.39, 0.29) is 11.8 Å². The molecule has 2 N–H and O–H groups in total. The first-order valence-corrected chi connectivity index (χ1v) is 11.2. The zero-order valence-corrected chi connectivity index (χ0v) is 18.3. The van der Waals surface area contributed by atoms with Crippen LogP contribution in [0.3, 0.4) is 0 Å². The Kier molecular flexibility index (Phi) is 6.80. The van der Waals surface area contributed by atoms with Crippen molar-refractivity contribution < 1.29 is 9.59 Å². The molecule has 0 spiro atoms. The highest BCUT2D eigenvalue weighted by Gasteiger charge is 2.11. The first kappa shape index (κ1) is 21.6. The zero-order valence-electron chi connectivity index (χ0n) is 18.3. The van der Waals surface area contributed by atoms with Crippen molar-refractivity contribution in [1.29, 1.82) is 0 Å². The van der Waals surface area contributed by atoms with Crippen LogP contribution in [0.15, 0.2) is 67.0 Å². The van der Waals surface area contributed by atoms with Crippen LogP contribution in [0.4, 0.5) is 5.69 Å². The lowest BCUT2D eigenvalue weighted by atomic mass is 10.1. The molecule has 0 fully saturated rings. The zero-order chi connectivity index (χ0) is 22.3. The minimum Gasteiger partial charge on any atom is -0.352 e. The maximum Gasteiger partial charge on any atom is 0.252 e. The number of aryl methyl sites for hydroxylation is 1. The van der Waals surface area contributed by atoms with Gasteiger partial charge in [-0.2, -0.15) is 0 Å². The van der Waals surface area contributed by atoms with Gasteiger partial charge in [-0.3, -0.25) is 14.6 Å². The van der Waals surface area contributed by atoms with E-state index < -0.39 is 0 Å². The third-order valence-electron chi connectivity index (χ3n) is 5.66. The van der Waals surface area contributed by atoms with E-state index in [0.29, 0.717) is 18.5 Å². The summed E-state index contributed by atoms with van der Waals surface area (Å²) in [7, 11) is 0. The van der Waals surface area contributed by atoms with E-state index in [9.17, 15) is 9.59 Å². The number of hydrogen-bond acceptors (Lipinski definition) is 3. The lowest BCUT2D eigenvalue weighted by molar-refractivity contribution is -0.116. The number of pyridine rings is 1. The number of benzene rings is 2. The number of amides is 2. The molecule has 0 aliphatic carbocycles. The fraction of sp³-hybridized carbons (Fsp3) is 0.269. The number of unbranched alkanes of at least 4 members (excludes halogenated alkanes) is 2. The Balaban J connectivity index is 1.25. The molecule has 32 heavy (non-hydrogen) atoms. The number of para-hydroxylation sites is 1. The molecule has 2 heterocycles. The highest BCUT2D eigenvalue weighted by atomic mass is 16.2. The summed E-state index contributed by atoms with van der Waals surface area (Å²) in [4.78, 5) is 28.3. The summed E-state index contributed by atoms with van der Waals surface area (Å²) >= 11 is 0. The number of hydrogen-bond donors (Lipinski definition) is 2. The SMILES string of the molecule is CCn1c2ccccc2c2cc(NC(=O)CCCCCNC(=O)c3cccnc3)ccc21. The third kappa shape index (κ3) is 4.80. The van der Waals surface area contributed by atoms with Crippen LogP contribution in [0.1, 0.15) is 43.0 Å². The minimum absolute atomic E-state index is 0.0166. The fourth-order valence-electron chi connectivity index (χ4n) is 4.08. The summed E-state index contributed by atoms with van der Waals surface area (Å²) in [5, 5.41) is 8.28. The predicted octanol–water partition coefficient (Wildman–Crippen LogP) is 5.14. The summed E-state index contributed by atoms with van der Waals surface area (Å²) in [5.41, 5.74) is 3.78. The van der Waals surface area contributed by atoms with E-state index in [1.54, 1.807) is 24.5 Å². The number of nitrogens with zero attached hydrogens (tertiary/aromatic N) is 2. The number of fused-ring (bicyclic) bond motifs is 3. The summed E-state index contributed by atoms with van der Waals surface area (Å²) in [6.07, 6.45) is 6.16. The van der Waals surface area contributed by atoms with Gasteiger partial charge in [0.05, 0.1) is 5.56 Å². The molecule has 4 rings (SSSR count). The van der Waals surface area contributed by atoms with Crippen molar-refractivity contribution in [2.75, 3.05) is 11.9 Å². The van der Waals surface area contributed by atoms with Crippen LogP contribution in [-0.4, -0.2) is 27.9 Å². The molecule has 6 heteroatoms. The molecule has 0 aliphatic heterocycles. The second-order valence-electron chi connectivity index (χ2n) is 7.85. The maximum absolute atomic E-state index is 12.4. The van der Waals surface area contributed by atoms with Gasteiger partial charge in [0.2, 0.25) is 5.91 Å². The summed E-state index contributed by atoms with van der Waals surface area (Å²) in [5.74, 6) is -0.0985. The van der Waals surface area contributed by atoms with Crippen molar-refractivity contribution in [3.05, 3.63) is 72.6 Å². The summed E-state index contributed by atoms with van der Waals surface area (Å²) in [6.45, 7) is 3.64. The Morgan fingerprint density at radius 3 is 2.59 bits per heavy atom. The Morgan fingerprint density at radius 2 is 1.78 bits per heavy atom. The van der Waals surface area contributed by atoms with Gasteiger partial charge in [-0.15, -0.1) is 0 Å². The van der Waals surface area contributed by atoms with Crippen LogP contribution < -0.4 is 10.6 Å². The van der Waals surface area contributed by atoms with E-state index in [1.807, 2.05) is 12.1 Å². The van der Waals surface area contributed by atoms with Crippen molar-refractivity contribution in [3.63, 3.8) is 0 Å². The van der Waals surface area contributed by atoms with Crippen LogP contribution in [0.5, 0.6) is 0 Å². The maximum atomic E-state index is 12.4. The third-order valence-corrected chi connectivity index (χ3v) is 5.66. The van der Waals surface area contributed by atoms with Gasteiger partial charge in [-0.1, -0.05) is 24.6 Å². The number of nitrogens with one attached hydrogen (secondary N) is 2. The van der Waals surface area contributed by atoms with Gasteiger partial charge >= 0.3 is 0 Å². The molecule has 0 bridgehead atoms. The molecule has 4 aromatic rings. The lowest BCUT2D eigenvalue weighted by Crippen LogP contribution is -2.24. The number of carbonyl (C=O) groups excluding carboxylic acids is 2. The van der Waals surface area contributed by atoms with Crippen LogP contribution in [-0.2, 0) is 11.3 Å². The molecule has 0 radical (unpaired) electrons. The molecule has 2 aromatic heterocycles. The molecule has 0 atom stereocenters. The van der Waals surface area contributed by atoms with Gasteiger partial charge < -0.3 is 15.2 Å². The second kappa shape index (κ2) is 10.1. The number of anilines is 1. The highest BCUT2D eigenvalue weighted by molar-refractivity contribution is 6.09. The number of rotatable bonds is 9. The molecule has 0 saturated carbocycles. The topological polar surface area (TPSA) is 76.0 Å². The van der Waals surface area contributed by atoms with Crippen molar-refractivity contribution in [3.8, 4) is 0 Å². The van der Waals surface area contributed by atoms with Gasteiger partial charge in [-0.05, 0) is 56.2 Å². The van der Waals surface area contributed by atoms with Crippen molar-refractivity contribution >= 4 is 39.3 Å². The van der Waals surface area contributed by atoms with Gasteiger partial charge in [0.1, 0.15) is 0 Å². The van der Waals surface area contributed by atoms with E-state index in [0.717, 1.165) is 36.9 Å². The van der Waals surface area contributed by atoms with Crippen LogP contribution in [0.25, 0.3) is 21.8 Å². The molecule has 164 valence electrons. The standard InChI is InChI=1S/C26H28N4O2/c1-2-30-23-11-6-5-10-21(23)22-17-20(13-14-24(22)30)29-25(31)12-4-3-7-16-28-26(32)19-9-8-15-27-18-19/h5-6,8-11,13-15,17-18H,2-4,7,12,16H2,1H3,(H,28,32)(H,29,31). The first-order chi connectivity index (χ1) is 15.7. The Bertz CT molecular complexity index is 1230. The quantitative estimate of drug-likeness (QED) is 0.363. The Hall–Kier alpha value is -3.67. The molecule has 2 aromatic carbocycles. The van der Waals surface area contributed by atoms with Crippen molar-refractivity contribution in [2.24, 2.45) is 0 Å². The average Bonchev–Trinajstić information content (AvgIpc) is 3.14. The minimum atomic E-state index is -0.115. The van der Waals surface area contributed by atoms with Gasteiger partial charge in [-0.25, -0.2) is 0 Å². The largest absolute Gasteiger partial charge is 0.352 e. The van der Waals surface area contributed by atoms with Crippen molar-refractivity contribution in [1.82, 2.24) is 14.9 Å². The van der Waals surface area contributed by atoms with Gasteiger partial charge in [0.25, 0.3) is 5.91 Å². The molecule has 0 saturated heterocycles. The van der Waals surface area contributed by atoms with Gasteiger partial charge in [0, 0.05) is 59.4 Å². The molecular weight excluding hydrogens is 400 g/mol. The van der Waals surface area contributed by atoms with Crippen LogP contribution in [0, 0.1) is 0 Å². The Labute approximate surface area is 187 Å². The molecular formula is C26H28N4O2. The molecule has 2 amide bonds. The van der Waals surface area contributed by atoms with E-state index >= 15 is 0 Å². The highest BCUT2D eigenvalue weighted by Crippen LogP contribution is 2.31. The van der Waals surface area contributed by atoms with Crippen LogP contribution >= 0.6 is 0 Å². The summed E-state index contributed by atoms with van der Waals surface area (Å²) < 4.78 is 2.29. The monoisotopic (exact) mass is 428 g/mol. The van der Waals surface area contributed by atoms with Crippen molar-refractivity contribution in [2.45, 2.75) is 39.2 Å². The van der Waals surface area contributed by atoms with E-state index in [2.05, 4.69) is 57.4 Å². The normalized spacial score (nSPS) is 11.0. The lowest BCUT2D eigenvalue weighted by Gasteiger charge is -2.07. The predicted molar refractivity (Wildman–Crippen MR) is 129 cm³/mol. The summed E-state index contributed by atoms with van der Waals surface area (Å²) in [6, 6.07) is 18.0. The molecule has 0 aliphatic rings. The average molecular weight is 429 g/mol. The number of carbonyl (C=O) groups is 2. The first-order valence-electron chi connectivity index (χ1n) is 11.2. The van der Waals surface area contributed by atoms with E-state index in [4.69, 9.17) is 0 Å². The second-order valence-corrected chi connectivity index (χ2v) is 7.85. The molecule has 0 unspecified atom stereocenters. The van der Waals surface area contributed by atoms with Gasteiger partial charge in [0.15, 0.2) is 0 Å². The fourth-order valence-corrected chi connectivity index (χ4v) is 4.08. The number of aromatic nitrogens is 2. The molecule has 6 nitrogen and oxygen atoms in total. The Morgan fingerprint density at radius 1 is 0.938 bits per heavy atom. The van der Waals surface area contributed by atoms with Crippen LogP contribution in [0.2, 0.25) is 0 Å².